The lowest BCUT2D eigenvalue weighted by Crippen LogP contribution is -2.36. The fourth-order valence-electron chi connectivity index (χ4n) is 3.36. The molecule has 1 aliphatic heterocycles. The molecule has 0 bridgehead atoms. The predicted molar refractivity (Wildman–Crippen MR) is 91.1 cm³/mol. The SMILES string of the molecule is O=[N+]([O-])c1cc(Br)cnc1N1CCCC(c2nncn2C2CC2)C1. The summed E-state index contributed by atoms with van der Waals surface area (Å²) in [5.41, 5.74) is 0.0358. The average molecular weight is 393 g/mol. The third-order valence-corrected chi connectivity index (χ3v) is 5.07. The van der Waals surface area contributed by atoms with Gasteiger partial charge in [0.1, 0.15) is 12.2 Å². The topological polar surface area (TPSA) is 90.0 Å². The molecular formula is C15H17BrN6O2. The number of anilines is 1. The van der Waals surface area contributed by atoms with E-state index in [0.717, 1.165) is 25.2 Å². The Morgan fingerprint density at radius 2 is 2.17 bits per heavy atom. The van der Waals surface area contributed by atoms with Crippen molar-refractivity contribution in [2.45, 2.75) is 37.6 Å². The molecule has 1 unspecified atom stereocenters. The summed E-state index contributed by atoms with van der Waals surface area (Å²) in [7, 11) is 0. The molecule has 1 aliphatic carbocycles. The molecule has 1 saturated heterocycles. The number of halogens is 1. The summed E-state index contributed by atoms with van der Waals surface area (Å²) in [4.78, 5) is 17.3. The van der Waals surface area contributed by atoms with Crippen molar-refractivity contribution in [3.05, 3.63) is 39.0 Å². The van der Waals surface area contributed by atoms with Crippen LogP contribution in [0.2, 0.25) is 0 Å². The van der Waals surface area contributed by atoms with Crippen molar-refractivity contribution in [2.75, 3.05) is 18.0 Å². The van der Waals surface area contributed by atoms with Gasteiger partial charge in [-0.1, -0.05) is 0 Å². The van der Waals surface area contributed by atoms with E-state index in [2.05, 4.69) is 35.7 Å². The van der Waals surface area contributed by atoms with E-state index < -0.39 is 0 Å². The Labute approximate surface area is 147 Å². The second-order valence-corrected chi connectivity index (χ2v) is 7.28. The van der Waals surface area contributed by atoms with Crippen LogP contribution in [0.15, 0.2) is 23.1 Å². The molecule has 2 aromatic rings. The molecule has 0 spiro atoms. The molecule has 1 saturated carbocycles. The third-order valence-electron chi connectivity index (χ3n) is 4.64. The minimum absolute atomic E-state index is 0.0358. The maximum Gasteiger partial charge on any atom is 0.312 e. The fraction of sp³-hybridized carbons (Fsp3) is 0.533. The molecule has 2 aliphatic rings. The van der Waals surface area contributed by atoms with Crippen LogP contribution in [0.4, 0.5) is 11.5 Å². The van der Waals surface area contributed by atoms with Crippen LogP contribution in [-0.4, -0.2) is 37.8 Å². The van der Waals surface area contributed by atoms with Crippen LogP contribution in [-0.2, 0) is 0 Å². The van der Waals surface area contributed by atoms with E-state index in [4.69, 9.17) is 0 Å². The van der Waals surface area contributed by atoms with Gasteiger partial charge in [-0.3, -0.25) is 10.1 Å². The summed E-state index contributed by atoms with van der Waals surface area (Å²) in [5.74, 6) is 1.67. The molecular weight excluding hydrogens is 376 g/mol. The average Bonchev–Trinajstić information content (AvgIpc) is 3.31. The highest BCUT2D eigenvalue weighted by Crippen LogP contribution is 2.39. The molecule has 4 rings (SSSR count). The lowest BCUT2D eigenvalue weighted by atomic mass is 9.97. The first kappa shape index (κ1) is 15.5. The number of rotatable bonds is 4. The van der Waals surface area contributed by atoms with E-state index in [1.807, 2.05) is 11.2 Å². The molecule has 0 N–H and O–H groups in total. The Bertz CT molecular complexity index is 775. The molecule has 3 heterocycles. The number of hydrogen-bond donors (Lipinski definition) is 0. The fourth-order valence-corrected chi connectivity index (χ4v) is 3.68. The summed E-state index contributed by atoms with van der Waals surface area (Å²) < 4.78 is 2.79. The van der Waals surface area contributed by atoms with Gasteiger partial charge in [0.05, 0.1) is 4.92 Å². The van der Waals surface area contributed by atoms with Gasteiger partial charge >= 0.3 is 5.69 Å². The smallest absolute Gasteiger partial charge is 0.312 e. The normalized spacial score (nSPS) is 21.0. The maximum atomic E-state index is 11.4. The minimum Gasteiger partial charge on any atom is -0.350 e. The number of nitrogens with zero attached hydrogens (tertiary/aromatic N) is 6. The Kier molecular flexibility index (Phi) is 3.95. The molecule has 0 radical (unpaired) electrons. The van der Waals surface area contributed by atoms with Crippen LogP contribution < -0.4 is 4.90 Å². The Morgan fingerprint density at radius 3 is 2.92 bits per heavy atom. The lowest BCUT2D eigenvalue weighted by molar-refractivity contribution is -0.384. The van der Waals surface area contributed by atoms with Crippen LogP contribution >= 0.6 is 15.9 Å². The zero-order valence-corrected chi connectivity index (χ0v) is 14.6. The van der Waals surface area contributed by atoms with E-state index in [1.54, 1.807) is 6.20 Å². The first-order valence-corrected chi connectivity index (χ1v) is 8.87. The largest absolute Gasteiger partial charge is 0.350 e. The minimum atomic E-state index is -0.372. The number of pyridine rings is 1. The van der Waals surface area contributed by atoms with Crippen molar-refractivity contribution in [1.82, 2.24) is 19.7 Å². The number of piperidine rings is 1. The third kappa shape index (κ3) is 2.88. The van der Waals surface area contributed by atoms with Gasteiger partial charge in [-0.25, -0.2) is 4.98 Å². The molecule has 0 aromatic carbocycles. The van der Waals surface area contributed by atoms with Crippen molar-refractivity contribution in [3.63, 3.8) is 0 Å². The molecule has 126 valence electrons. The Hall–Kier alpha value is -2.03. The van der Waals surface area contributed by atoms with Gasteiger partial charge in [-0.05, 0) is 41.6 Å². The van der Waals surface area contributed by atoms with Crippen molar-refractivity contribution in [1.29, 1.82) is 0 Å². The predicted octanol–water partition coefficient (Wildman–Crippen LogP) is 3.06. The number of hydrogen-bond acceptors (Lipinski definition) is 6. The first-order chi connectivity index (χ1) is 11.6. The van der Waals surface area contributed by atoms with Crippen molar-refractivity contribution in [3.8, 4) is 0 Å². The molecule has 24 heavy (non-hydrogen) atoms. The van der Waals surface area contributed by atoms with Gasteiger partial charge in [0.15, 0.2) is 0 Å². The second-order valence-electron chi connectivity index (χ2n) is 6.37. The Balaban J connectivity index is 1.61. The monoisotopic (exact) mass is 392 g/mol. The van der Waals surface area contributed by atoms with E-state index in [1.165, 1.54) is 18.9 Å². The van der Waals surface area contributed by atoms with E-state index in [0.29, 0.717) is 22.9 Å². The summed E-state index contributed by atoms with van der Waals surface area (Å²) in [5, 5.41) is 19.8. The Morgan fingerprint density at radius 1 is 1.33 bits per heavy atom. The van der Waals surface area contributed by atoms with Crippen LogP contribution in [0.1, 0.15) is 43.5 Å². The molecule has 0 amide bonds. The van der Waals surface area contributed by atoms with Crippen molar-refractivity contribution < 1.29 is 4.92 Å². The van der Waals surface area contributed by atoms with Gasteiger partial charge in [0, 0.05) is 41.8 Å². The standard InChI is InChI=1S/C15H17BrN6O2/c16-11-6-13(22(23)24)15(17-7-11)20-5-1-2-10(8-20)14-19-18-9-21(14)12-3-4-12/h6-7,9-10,12H,1-5,8H2. The van der Waals surface area contributed by atoms with E-state index >= 15 is 0 Å². The van der Waals surface area contributed by atoms with Crippen molar-refractivity contribution in [2.24, 2.45) is 0 Å². The number of aromatic nitrogens is 4. The molecule has 9 heteroatoms. The van der Waals surface area contributed by atoms with E-state index in [-0.39, 0.29) is 16.5 Å². The maximum absolute atomic E-state index is 11.4. The summed E-state index contributed by atoms with van der Waals surface area (Å²) in [6.45, 7) is 1.45. The van der Waals surface area contributed by atoms with Gasteiger partial charge in [0.25, 0.3) is 0 Å². The van der Waals surface area contributed by atoms with Gasteiger partial charge in [-0.2, -0.15) is 0 Å². The summed E-state index contributed by atoms with van der Waals surface area (Å²) >= 11 is 3.26. The molecule has 2 aromatic heterocycles. The van der Waals surface area contributed by atoms with Crippen LogP contribution in [0.5, 0.6) is 0 Å². The summed E-state index contributed by atoms with van der Waals surface area (Å²) in [6.07, 6.45) is 7.76. The van der Waals surface area contributed by atoms with Crippen molar-refractivity contribution >= 4 is 27.4 Å². The van der Waals surface area contributed by atoms with Gasteiger partial charge in [-0.15, -0.1) is 10.2 Å². The second kappa shape index (κ2) is 6.12. The highest BCUT2D eigenvalue weighted by atomic mass is 79.9. The van der Waals surface area contributed by atoms with Gasteiger partial charge < -0.3 is 9.47 Å². The van der Waals surface area contributed by atoms with Gasteiger partial charge in [0.2, 0.25) is 5.82 Å². The van der Waals surface area contributed by atoms with Crippen LogP contribution in [0, 0.1) is 10.1 Å². The first-order valence-electron chi connectivity index (χ1n) is 8.08. The number of nitro groups is 1. The quantitative estimate of drug-likeness (QED) is 0.586. The molecule has 2 fully saturated rings. The van der Waals surface area contributed by atoms with Crippen LogP contribution in [0.25, 0.3) is 0 Å². The molecule has 8 nitrogen and oxygen atoms in total. The highest BCUT2D eigenvalue weighted by Gasteiger charge is 2.33. The van der Waals surface area contributed by atoms with E-state index in [9.17, 15) is 10.1 Å². The molecule has 1 atom stereocenters. The lowest BCUT2D eigenvalue weighted by Gasteiger charge is -2.32. The summed E-state index contributed by atoms with van der Waals surface area (Å²) in [6, 6.07) is 2.05. The zero-order chi connectivity index (χ0) is 16.7. The van der Waals surface area contributed by atoms with Crippen LogP contribution in [0.3, 0.4) is 0 Å². The zero-order valence-electron chi connectivity index (χ0n) is 13.0. The highest BCUT2D eigenvalue weighted by molar-refractivity contribution is 9.10.